The average molecular weight is 546 g/mol. The van der Waals surface area contributed by atoms with Crippen LogP contribution in [0.5, 0.6) is 0 Å². The Morgan fingerprint density at radius 2 is 1.41 bits per heavy atom. The third kappa shape index (κ3) is 8.56. The number of nitrogens with zero attached hydrogens (tertiary/aromatic N) is 1. The molecule has 0 radical (unpaired) electrons. The predicted molar refractivity (Wildman–Crippen MR) is 121 cm³/mol. The molecular weight excluding hydrogens is 529 g/mol. The molecule has 2 aromatic carbocycles. The highest BCUT2D eigenvalue weighted by Gasteiger charge is 2.45. The van der Waals surface area contributed by atoms with Crippen molar-refractivity contribution in [3.8, 4) is 0 Å². The van der Waals surface area contributed by atoms with Gasteiger partial charge in [-0.15, -0.1) is 0 Å². The first-order valence-corrected chi connectivity index (χ1v) is 14.4. The maximum Gasteiger partial charge on any atom is 0.471 e. The van der Waals surface area contributed by atoms with Gasteiger partial charge < -0.3 is 9.64 Å². The lowest BCUT2D eigenvalue weighted by Gasteiger charge is -2.27. The van der Waals surface area contributed by atoms with E-state index in [0.717, 1.165) is 22.8 Å². The molecule has 0 saturated heterocycles. The van der Waals surface area contributed by atoms with E-state index in [1.165, 1.54) is 6.92 Å². The molecule has 0 aliphatic rings. The highest BCUT2D eigenvalue weighted by atomic mass is 35.5. The van der Waals surface area contributed by atoms with Gasteiger partial charge in [0.1, 0.15) is 6.54 Å². The molecule has 2 rings (SSSR count). The number of ether oxygens (including phenoxy) is 1. The Hall–Kier alpha value is -1.32. The molecule has 13 heteroatoms. The lowest BCUT2D eigenvalue weighted by atomic mass is 10.4. The fourth-order valence-electron chi connectivity index (χ4n) is 2.33. The molecule has 0 heterocycles. The van der Waals surface area contributed by atoms with Gasteiger partial charge in [0.15, 0.2) is 0 Å². The second kappa shape index (κ2) is 11.7. The van der Waals surface area contributed by atoms with Crippen LogP contribution in [0, 0.1) is 0 Å². The maximum absolute atomic E-state index is 13.8. The van der Waals surface area contributed by atoms with E-state index in [-0.39, 0.29) is 11.5 Å². The van der Waals surface area contributed by atoms with Crippen LogP contribution in [0.3, 0.4) is 0 Å². The van der Waals surface area contributed by atoms with Crippen molar-refractivity contribution in [2.45, 2.75) is 22.9 Å². The maximum atomic E-state index is 13.8. The molecule has 0 N–H and O–H groups in total. The summed E-state index contributed by atoms with van der Waals surface area (Å²) in [5.41, 5.74) is -3.70. The monoisotopic (exact) mass is 545 g/mol. The first kappa shape index (κ1) is 26.9. The number of carbonyl (C=O) groups excluding carboxylic acids is 2. The summed E-state index contributed by atoms with van der Waals surface area (Å²) in [5.74, 6) is -3.32. The molecule has 0 fully saturated rings. The number of amides is 1. The quantitative estimate of drug-likeness (QED) is 0.250. The van der Waals surface area contributed by atoms with Crippen LogP contribution in [0.2, 0.25) is 10.0 Å². The predicted octanol–water partition coefficient (Wildman–Crippen LogP) is 6.98. The van der Waals surface area contributed by atoms with Crippen LogP contribution in [0.1, 0.15) is 6.92 Å². The number of hydrogen-bond donors (Lipinski definition) is 0. The van der Waals surface area contributed by atoms with Gasteiger partial charge in [0.25, 0.3) is 0 Å². The minimum absolute atomic E-state index is 0.0798. The third-order valence-corrected chi connectivity index (χ3v) is 11.3. The zero-order valence-corrected chi connectivity index (χ0v) is 20.5. The van der Waals surface area contributed by atoms with Gasteiger partial charge in [-0.05, 0) is 78.2 Å². The number of halogens is 5. The van der Waals surface area contributed by atoms with Crippen molar-refractivity contribution in [2.24, 2.45) is 0 Å². The van der Waals surface area contributed by atoms with Gasteiger partial charge in [-0.25, -0.2) is 0 Å². The van der Waals surface area contributed by atoms with Crippen molar-refractivity contribution in [3.05, 3.63) is 58.6 Å². The highest BCUT2D eigenvalue weighted by Crippen LogP contribution is 2.73. The largest absolute Gasteiger partial charge is 0.471 e. The van der Waals surface area contributed by atoms with Crippen LogP contribution < -0.4 is 0 Å². The topological polar surface area (TPSA) is 63.7 Å². The van der Waals surface area contributed by atoms with Crippen molar-refractivity contribution in [2.75, 3.05) is 19.4 Å². The van der Waals surface area contributed by atoms with Gasteiger partial charge in [0.2, 0.25) is 5.55 Å². The fourth-order valence-corrected chi connectivity index (χ4v) is 10.4. The summed E-state index contributed by atoms with van der Waals surface area (Å²) in [4.78, 5) is 25.0. The molecule has 0 bridgehead atoms. The van der Waals surface area contributed by atoms with Gasteiger partial charge >= 0.3 is 18.1 Å². The van der Waals surface area contributed by atoms with Crippen LogP contribution in [-0.4, -0.2) is 42.4 Å². The molecule has 5 nitrogen and oxygen atoms in total. The number of alkyl halides is 3. The van der Waals surface area contributed by atoms with E-state index in [1.54, 1.807) is 48.5 Å². The second-order valence-electron chi connectivity index (χ2n) is 6.15. The summed E-state index contributed by atoms with van der Waals surface area (Å²) < 4.78 is 58.1. The molecule has 0 aromatic heterocycles. The van der Waals surface area contributed by atoms with Crippen LogP contribution in [0.4, 0.5) is 13.2 Å². The zero-order chi connectivity index (χ0) is 23.9. The minimum atomic E-state index is -5.26. The van der Waals surface area contributed by atoms with Gasteiger partial charge in [-0.1, -0.05) is 23.2 Å². The number of carbonyl (C=O) groups is 2. The molecule has 0 saturated carbocycles. The fraction of sp³-hybridized carbons (Fsp3) is 0.263. The van der Waals surface area contributed by atoms with Crippen molar-refractivity contribution in [1.82, 2.24) is 4.90 Å². The van der Waals surface area contributed by atoms with E-state index < -0.39 is 36.4 Å². The Bertz CT molecular complexity index is 940. The van der Waals surface area contributed by atoms with Gasteiger partial charge in [-0.3, -0.25) is 14.2 Å². The number of benzene rings is 2. The summed E-state index contributed by atoms with van der Waals surface area (Å²) in [7, 11) is 0. The third-order valence-electron chi connectivity index (χ3n) is 3.62. The van der Waals surface area contributed by atoms with Crippen LogP contribution in [0.15, 0.2) is 58.3 Å². The van der Waals surface area contributed by atoms with Crippen molar-refractivity contribution in [3.63, 3.8) is 0 Å². The molecule has 0 aliphatic carbocycles. The van der Waals surface area contributed by atoms with Crippen molar-refractivity contribution in [1.29, 1.82) is 0 Å². The number of esters is 1. The molecule has 0 unspecified atom stereocenters. The molecule has 174 valence electrons. The van der Waals surface area contributed by atoms with Crippen LogP contribution >= 0.6 is 51.5 Å². The molecule has 0 atom stereocenters. The zero-order valence-electron chi connectivity index (χ0n) is 16.5. The first-order valence-electron chi connectivity index (χ1n) is 8.93. The smallest absolute Gasteiger partial charge is 0.465 e. The summed E-state index contributed by atoms with van der Waals surface area (Å²) in [6.45, 7) is 0.410. The van der Waals surface area contributed by atoms with E-state index in [9.17, 15) is 27.3 Å². The van der Waals surface area contributed by atoms with Crippen molar-refractivity contribution >= 4 is 63.4 Å². The standard InChI is InChI=1S/C19H17Cl2F3NO4PS2/c1-2-29-17(26)11-25(18(27)19(22,23)24)12-30(28,31-15-7-3-13(20)4-8-15)32-16-9-5-14(21)6-10-16/h3-10H,2,11-12H2,1H3. The highest BCUT2D eigenvalue weighted by molar-refractivity contribution is 8.90. The summed E-state index contributed by atoms with van der Waals surface area (Å²) in [6, 6.07) is 12.4. The Morgan fingerprint density at radius 3 is 1.78 bits per heavy atom. The van der Waals surface area contributed by atoms with Gasteiger partial charge in [0, 0.05) is 19.8 Å². The average Bonchev–Trinajstić information content (AvgIpc) is 2.70. The molecule has 2 aromatic rings. The Morgan fingerprint density at radius 1 is 0.969 bits per heavy atom. The molecule has 32 heavy (non-hydrogen) atoms. The molecule has 0 spiro atoms. The second-order valence-corrected chi connectivity index (χ2v) is 15.2. The van der Waals surface area contributed by atoms with E-state index in [2.05, 4.69) is 4.74 Å². The Labute approximate surface area is 200 Å². The summed E-state index contributed by atoms with van der Waals surface area (Å²) in [6.07, 6.45) is -6.09. The lowest BCUT2D eigenvalue weighted by Crippen LogP contribution is -2.44. The first-order chi connectivity index (χ1) is 14.9. The SMILES string of the molecule is CCOC(=O)CN(CP(=O)(Sc1ccc(Cl)cc1)Sc1ccc(Cl)cc1)C(=O)C(F)(F)F. The van der Waals surface area contributed by atoms with Crippen LogP contribution in [0.25, 0.3) is 0 Å². The summed E-state index contributed by atoms with van der Waals surface area (Å²) >= 11 is 13.3. The van der Waals surface area contributed by atoms with Crippen molar-refractivity contribution < 1.29 is 32.1 Å². The molecular formula is C19H17Cl2F3NO4PS2. The number of rotatable bonds is 9. The van der Waals surface area contributed by atoms with E-state index in [4.69, 9.17) is 23.2 Å². The Balaban J connectivity index is 2.40. The van der Waals surface area contributed by atoms with E-state index in [1.807, 2.05) is 0 Å². The van der Waals surface area contributed by atoms with Gasteiger partial charge in [0.05, 0.1) is 12.9 Å². The van der Waals surface area contributed by atoms with E-state index in [0.29, 0.717) is 19.8 Å². The van der Waals surface area contributed by atoms with E-state index >= 15 is 0 Å². The van der Waals surface area contributed by atoms with Gasteiger partial charge in [-0.2, -0.15) is 13.2 Å². The van der Waals surface area contributed by atoms with Crippen LogP contribution in [-0.2, 0) is 18.9 Å². The normalized spacial score (nSPS) is 11.8. The lowest BCUT2D eigenvalue weighted by molar-refractivity contribution is -0.186. The molecule has 0 aliphatic heterocycles. The summed E-state index contributed by atoms with van der Waals surface area (Å²) in [5, 5.41) is 0.844. The minimum Gasteiger partial charge on any atom is -0.465 e. The Kier molecular flexibility index (Phi) is 9.85. The number of hydrogen-bond acceptors (Lipinski definition) is 6. The molecule has 1 amide bonds.